The minimum atomic E-state index is 0.167. The molecule has 0 saturated heterocycles. The molecule has 1 aromatic rings. The third-order valence-corrected chi connectivity index (χ3v) is 2.89. The number of rotatable bonds is 2. The molecule has 84 valence electrons. The number of hydrogen-bond donors (Lipinski definition) is 1. The highest BCUT2D eigenvalue weighted by molar-refractivity contribution is 5.97. The summed E-state index contributed by atoms with van der Waals surface area (Å²) in [5.74, 6) is 0.167. The van der Waals surface area contributed by atoms with Gasteiger partial charge in [-0.25, -0.2) is 0 Å². The summed E-state index contributed by atoms with van der Waals surface area (Å²) in [5.41, 5.74) is 9.83. The van der Waals surface area contributed by atoms with Gasteiger partial charge in [-0.05, 0) is 36.6 Å². The summed E-state index contributed by atoms with van der Waals surface area (Å²) < 4.78 is 0. The van der Waals surface area contributed by atoms with E-state index < -0.39 is 0 Å². The first-order valence-corrected chi connectivity index (χ1v) is 5.43. The summed E-state index contributed by atoms with van der Waals surface area (Å²) >= 11 is 0. The third-order valence-electron chi connectivity index (χ3n) is 2.89. The molecule has 0 unspecified atom stereocenters. The van der Waals surface area contributed by atoms with Crippen LogP contribution in [-0.2, 0) is 11.2 Å². The molecule has 0 atom stereocenters. The summed E-state index contributed by atoms with van der Waals surface area (Å²) in [6, 6.07) is 3.87. The highest BCUT2D eigenvalue weighted by atomic mass is 16.2. The average Bonchev–Trinajstić information content (AvgIpc) is 2.22. The van der Waals surface area contributed by atoms with Crippen LogP contribution in [0.25, 0.3) is 0 Å². The van der Waals surface area contributed by atoms with Crippen molar-refractivity contribution in [2.75, 3.05) is 17.2 Å². The van der Waals surface area contributed by atoms with E-state index in [1.165, 1.54) is 5.56 Å². The maximum atomic E-state index is 11.8. The van der Waals surface area contributed by atoms with Crippen LogP contribution in [0.3, 0.4) is 0 Å². The van der Waals surface area contributed by atoms with Gasteiger partial charge < -0.3 is 10.6 Å². The van der Waals surface area contributed by atoms with E-state index >= 15 is 0 Å². The van der Waals surface area contributed by atoms with Crippen molar-refractivity contribution in [3.63, 3.8) is 0 Å². The van der Waals surface area contributed by atoms with Gasteiger partial charge >= 0.3 is 0 Å². The van der Waals surface area contributed by atoms with Gasteiger partial charge in [0.1, 0.15) is 0 Å². The molecule has 1 aliphatic rings. The Morgan fingerprint density at radius 2 is 2.25 bits per heavy atom. The minimum Gasteiger partial charge on any atom is -0.399 e. The molecule has 3 heteroatoms. The Labute approximate surface area is 95.6 Å². The second-order valence-corrected chi connectivity index (χ2v) is 4.14. The quantitative estimate of drug-likeness (QED) is 0.607. The third kappa shape index (κ3) is 1.69. The van der Waals surface area contributed by atoms with E-state index in [1.54, 1.807) is 11.0 Å². The number of nitrogens with zero attached hydrogens (tertiary/aromatic N) is 1. The standard InChI is InChI=1S/C13H16N2O/c1-3-6-15-12(16)5-4-10-8-11(14)7-9(2)13(10)15/h3,7-8H,1,4-6,14H2,2H3. The molecule has 3 nitrogen and oxygen atoms in total. The molecule has 1 heterocycles. The highest BCUT2D eigenvalue weighted by Crippen LogP contribution is 2.32. The molecular weight excluding hydrogens is 200 g/mol. The molecule has 1 aromatic carbocycles. The second-order valence-electron chi connectivity index (χ2n) is 4.14. The number of carbonyl (C=O) groups is 1. The normalized spacial score (nSPS) is 14.8. The zero-order valence-corrected chi connectivity index (χ0v) is 9.49. The molecule has 0 spiro atoms. The lowest BCUT2D eigenvalue weighted by Crippen LogP contribution is -2.35. The van der Waals surface area contributed by atoms with Gasteiger partial charge in [-0.2, -0.15) is 0 Å². The lowest BCUT2D eigenvalue weighted by Gasteiger charge is -2.30. The molecule has 16 heavy (non-hydrogen) atoms. The Bertz CT molecular complexity index is 451. The van der Waals surface area contributed by atoms with Gasteiger partial charge in [0.15, 0.2) is 0 Å². The Hall–Kier alpha value is -1.77. The van der Waals surface area contributed by atoms with E-state index in [9.17, 15) is 4.79 Å². The lowest BCUT2D eigenvalue weighted by molar-refractivity contribution is -0.118. The molecule has 2 N–H and O–H groups in total. The average molecular weight is 216 g/mol. The van der Waals surface area contributed by atoms with Crippen LogP contribution in [0.2, 0.25) is 0 Å². The van der Waals surface area contributed by atoms with Crippen LogP contribution < -0.4 is 10.6 Å². The van der Waals surface area contributed by atoms with Gasteiger partial charge in [-0.15, -0.1) is 6.58 Å². The van der Waals surface area contributed by atoms with E-state index in [0.717, 1.165) is 23.4 Å². The molecule has 1 aliphatic heterocycles. The van der Waals surface area contributed by atoms with Crippen LogP contribution in [0.5, 0.6) is 0 Å². The summed E-state index contributed by atoms with van der Waals surface area (Å²) in [6.45, 7) is 6.25. The maximum Gasteiger partial charge on any atom is 0.227 e. The number of carbonyl (C=O) groups excluding carboxylic acids is 1. The summed E-state index contributed by atoms with van der Waals surface area (Å²) in [4.78, 5) is 13.6. The minimum absolute atomic E-state index is 0.167. The maximum absolute atomic E-state index is 11.8. The number of nitrogen functional groups attached to an aromatic ring is 1. The van der Waals surface area contributed by atoms with Crippen LogP contribution >= 0.6 is 0 Å². The van der Waals surface area contributed by atoms with Crippen molar-refractivity contribution in [3.05, 3.63) is 35.9 Å². The first-order chi connectivity index (χ1) is 7.63. The Morgan fingerprint density at radius 1 is 1.50 bits per heavy atom. The number of anilines is 2. The van der Waals surface area contributed by atoms with Gasteiger partial charge in [0.05, 0.1) is 5.69 Å². The molecule has 0 fully saturated rings. The number of benzene rings is 1. The van der Waals surface area contributed by atoms with Crippen molar-refractivity contribution in [1.82, 2.24) is 0 Å². The monoisotopic (exact) mass is 216 g/mol. The first kappa shape index (κ1) is 10.7. The van der Waals surface area contributed by atoms with Crippen LogP contribution in [0.1, 0.15) is 17.5 Å². The number of hydrogen-bond acceptors (Lipinski definition) is 2. The van der Waals surface area contributed by atoms with Crippen molar-refractivity contribution in [1.29, 1.82) is 0 Å². The topological polar surface area (TPSA) is 46.3 Å². The first-order valence-electron chi connectivity index (χ1n) is 5.43. The van der Waals surface area contributed by atoms with Gasteiger partial charge in [0.2, 0.25) is 5.91 Å². The zero-order chi connectivity index (χ0) is 11.7. The van der Waals surface area contributed by atoms with Crippen molar-refractivity contribution in [3.8, 4) is 0 Å². The van der Waals surface area contributed by atoms with E-state index in [-0.39, 0.29) is 5.91 Å². The Kier molecular flexibility index (Phi) is 2.69. The number of aryl methyl sites for hydroxylation is 2. The van der Waals surface area contributed by atoms with Crippen molar-refractivity contribution >= 4 is 17.3 Å². The molecule has 0 aliphatic carbocycles. The summed E-state index contributed by atoms with van der Waals surface area (Å²) in [6.07, 6.45) is 3.10. The SMILES string of the molecule is C=CCN1C(=O)CCc2cc(N)cc(C)c21. The molecule has 0 bridgehead atoms. The number of amides is 1. The van der Waals surface area contributed by atoms with Crippen molar-refractivity contribution in [2.24, 2.45) is 0 Å². The van der Waals surface area contributed by atoms with Crippen LogP contribution in [0, 0.1) is 6.92 Å². The molecule has 0 saturated carbocycles. The van der Waals surface area contributed by atoms with Gasteiger partial charge in [-0.3, -0.25) is 4.79 Å². The predicted molar refractivity (Wildman–Crippen MR) is 66.5 cm³/mol. The van der Waals surface area contributed by atoms with Crippen molar-refractivity contribution in [2.45, 2.75) is 19.8 Å². The molecule has 2 rings (SSSR count). The number of fused-ring (bicyclic) bond motifs is 1. The summed E-state index contributed by atoms with van der Waals surface area (Å²) in [7, 11) is 0. The fourth-order valence-corrected chi connectivity index (χ4v) is 2.28. The van der Waals surface area contributed by atoms with Crippen LogP contribution in [-0.4, -0.2) is 12.5 Å². The summed E-state index contributed by atoms with van der Waals surface area (Å²) in [5, 5.41) is 0. The van der Waals surface area contributed by atoms with E-state index in [1.807, 2.05) is 19.1 Å². The number of nitrogens with two attached hydrogens (primary N) is 1. The van der Waals surface area contributed by atoms with Gasteiger partial charge in [0.25, 0.3) is 0 Å². The smallest absolute Gasteiger partial charge is 0.227 e. The Balaban J connectivity index is 2.53. The Morgan fingerprint density at radius 3 is 2.94 bits per heavy atom. The lowest BCUT2D eigenvalue weighted by atomic mass is 9.97. The second kappa shape index (κ2) is 4.00. The van der Waals surface area contributed by atoms with Crippen LogP contribution in [0.4, 0.5) is 11.4 Å². The largest absolute Gasteiger partial charge is 0.399 e. The van der Waals surface area contributed by atoms with E-state index in [2.05, 4.69) is 6.58 Å². The fourth-order valence-electron chi connectivity index (χ4n) is 2.28. The molecule has 1 amide bonds. The van der Waals surface area contributed by atoms with E-state index in [0.29, 0.717) is 13.0 Å². The van der Waals surface area contributed by atoms with Crippen LogP contribution in [0.15, 0.2) is 24.8 Å². The molecule has 0 radical (unpaired) electrons. The van der Waals surface area contributed by atoms with Gasteiger partial charge in [-0.1, -0.05) is 6.08 Å². The van der Waals surface area contributed by atoms with E-state index in [4.69, 9.17) is 5.73 Å². The molecule has 0 aromatic heterocycles. The highest BCUT2D eigenvalue weighted by Gasteiger charge is 2.24. The van der Waals surface area contributed by atoms with Crippen molar-refractivity contribution < 1.29 is 4.79 Å². The predicted octanol–water partition coefficient (Wildman–Crippen LogP) is 2.04. The van der Waals surface area contributed by atoms with Gasteiger partial charge in [0, 0.05) is 18.7 Å². The molecular formula is C13H16N2O. The zero-order valence-electron chi connectivity index (χ0n) is 9.49. The fraction of sp³-hybridized carbons (Fsp3) is 0.308.